The van der Waals surface area contributed by atoms with Gasteiger partial charge in [0.2, 0.25) is 5.91 Å². The van der Waals surface area contributed by atoms with E-state index in [1.807, 2.05) is 11.0 Å². The summed E-state index contributed by atoms with van der Waals surface area (Å²) < 4.78 is 13.2. The van der Waals surface area contributed by atoms with Crippen LogP contribution in [0.2, 0.25) is 0 Å². The molecule has 1 N–H and O–H groups in total. The first kappa shape index (κ1) is 23.9. The van der Waals surface area contributed by atoms with E-state index in [2.05, 4.69) is 20.1 Å². The van der Waals surface area contributed by atoms with Crippen LogP contribution in [0.5, 0.6) is 0 Å². The van der Waals surface area contributed by atoms with E-state index in [-0.39, 0.29) is 35.7 Å². The second-order valence-electron chi connectivity index (χ2n) is 7.56. The third-order valence-corrected chi connectivity index (χ3v) is 5.52. The van der Waals surface area contributed by atoms with Gasteiger partial charge in [0, 0.05) is 52.9 Å². The van der Waals surface area contributed by atoms with Crippen molar-refractivity contribution in [3.63, 3.8) is 0 Å². The summed E-state index contributed by atoms with van der Waals surface area (Å²) >= 11 is 0. The molecule has 0 aliphatic carbocycles. The molecule has 0 atom stereocenters. The van der Waals surface area contributed by atoms with E-state index in [0.29, 0.717) is 6.54 Å². The Hall–Kier alpha value is -1.42. The Bertz CT molecular complexity index is 673. The van der Waals surface area contributed by atoms with Crippen molar-refractivity contribution in [1.29, 1.82) is 0 Å². The molecule has 1 amide bonds. The van der Waals surface area contributed by atoms with Gasteiger partial charge >= 0.3 is 0 Å². The highest BCUT2D eigenvalue weighted by atomic mass is 127. The first-order chi connectivity index (χ1) is 13.7. The number of benzene rings is 1. The minimum absolute atomic E-state index is 0. The van der Waals surface area contributed by atoms with E-state index >= 15 is 0 Å². The highest BCUT2D eigenvalue weighted by molar-refractivity contribution is 14.0. The molecule has 0 bridgehead atoms. The zero-order chi connectivity index (χ0) is 19.8. The number of halogens is 2. The van der Waals surface area contributed by atoms with Gasteiger partial charge in [-0.1, -0.05) is 12.1 Å². The number of hydrogen-bond donors (Lipinski definition) is 1. The number of amides is 1. The topological polar surface area (TPSA) is 51.2 Å². The Balaban J connectivity index is 0.00000300. The molecule has 3 rings (SSSR count). The summed E-state index contributed by atoms with van der Waals surface area (Å²) in [6.45, 7) is 6.68. The predicted octanol–water partition coefficient (Wildman–Crippen LogP) is 2.19. The Morgan fingerprint density at radius 1 is 1.10 bits per heavy atom. The molecule has 2 aliphatic heterocycles. The lowest BCUT2D eigenvalue weighted by Gasteiger charge is -2.36. The molecule has 0 spiro atoms. The van der Waals surface area contributed by atoms with E-state index in [9.17, 15) is 9.18 Å². The van der Waals surface area contributed by atoms with E-state index in [1.165, 1.54) is 6.07 Å². The standard InChI is InChI=1S/C21H32FN5O.HI/c1-23-21(24-9-5-7-18-6-4-8-19(22)16-18)27-14-12-25(13-15-27)17-20(28)26-10-2-3-11-26;/h4,6,8,16H,2-3,5,7,9-15,17H2,1H3,(H,23,24);1H. The van der Waals surface area contributed by atoms with Crippen LogP contribution in [-0.2, 0) is 11.2 Å². The summed E-state index contributed by atoms with van der Waals surface area (Å²) in [6, 6.07) is 6.78. The summed E-state index contributed by atoms with van der Waals surface area (Å²) in [4.78, 5) is 23.2. The van der Waals surface area contributed by atoms with Crippen molar-refractivity contribution < 1.29 is 9.18 Å². The van der Waals surface area contributed by atoms with Gasteiger partial charge in [0.25, 0.3) is 0 Å². The first-order valence-corrected chi connectivity index (χ1v) is 10.4. The molecule has 0 saturated carbocycles. The highest BCUT2D eigenvalue weighted by Crippen LogP contribution is 2.10. The van der Waals surface area contributed by atoms with Crippen molar-refractivity contribution in [1.82, 2.24) is 20.0 Å². The van der Waals surface area contributed by atoms with Gasteiger partial charge in [0.1, 0.15) is 5.82 Å². The van der Waals surface area contributed by atoms with Gasteiger partial charge < -0.3 is 15.1 Å². The van der Waals surface area contributed by atoms with Crippen LogP contribution >= 0.6 is 24.0 Å². The number of rotatable bonds is 6. The van der Waals surface area contributed by atoms with Gasteiger partial charge in [-0.05, 0) is 43.4 Å². The number of hydrogen-bond acceptors (Lipinski definition) is 3. The molecule has 0 radical (unpaired) electrons. The summed E-state index contributed by atoms with van der Waals surface area (Å²) in [5, 5.41) is 3.41. The number of nitrogens with one attached hydrogen (secondary N) is 1. The number of aliphatic imine (C=N–C) groups is 1. The maximum atomic E-state index is 13.2. The molecule has 162 valence electrons. The van der Waals surface area contributed by atoms with Gasteiger partial charge in [0.15, 0.2) is 5.96 Å². The largest absolute Gasteiger partial charge is 0.356 e. The summed E-state index contributed by atoms with van der Waals surface area (Å²) in [5.74, 6) is 0.998. The average molecular weight is 517 g/mol. The highest BCUT2D eigenvalue weighted by Gasteiger charge is 2.24. The fraction of sp³-hybridized carbons (Fsp3) is 0.619. The van der Waals surface area contributed by atoms with Crippen LogP contribution in [0.1, 0.15) is 24.8 Å². The molecular weight excluding hydrogens is 484 g/mol. The molecule has 6 nitrogen and oxygen atoms in total. The van der Waals surface area contributed by atoms with Crippen molar-refractivity contribution >= 4 is 35.8 Å². The zero-order valence-corrected chi connectivity index (χ0v) is 19.6. The molecular formula is C21H33FIN5O. The van der Waals surface area contributed by atoms with E-state index in [1.54, 1.807) is 19.2 Å². The Morgan fingerprint density at radius 3 is 2.48 bits per heavy atom. The predicted molar refractivity (Wildman–Crippen MR) is 125 cm³/mol. The molecule has 2 fully saturated rings. The maximum absolute atomic E-state index is 13.2. The normalized spacial score (nSPS) is 17.9. The number of guanidine groups is 1. The van der Waals surface area contributed by atoms with Crippen LogP contribution < -0.4 is 5.32 Å². The van der Waals surface area contributed by atoms with Crippen molar-refractivity contribution in [2.75, 3.05) is 59.4 Å². The number of piperazine rings is 1. The lowest BCUT2D eigenvalue weighted by atomic mass is 10.1. The molecule has 2 heterocycles. The fourth-order valence-electron chi connectivity index (χ4n) is 3.89. The smallest absolute Gasteiger partial charge is 0.236 e. The molecule has 0 aromatic heterocycles. The fourth-order valence-corrected chi connectivity index (χ4v) is 3.89. The number of carbonyl (C=O) groups excluding carboxylic acids is 1. The van der Waals surface area contributed by atoms with Crippen molar-refractivity contribution in [2.45, 2.75) is 25.7 Å². The Morgan fingerprint density at radius 2 is 1.83 bits per heavy atom. The van der Waals surface area contributed by atoms with Crippen LogP contribution in [0.25, 0.3) is 0 Å². The van der Waals surface area contributed by atoms with Crippen LogP contribution in [0, 0.1) is 5.82 Å². The molecule has 0 unspecified atom stereocenters. The molecule has 2 aliphatic rings. The van der Waals surface area contributed by atoms with Crippen molar-refractivity contribution in [2.24, 2.45) is 4.99 Å². The van der Waals surface area contributed by atoms with Crippen LogP contribution in [0.4, 0.5) is 4.39 Å². The minimum Gasteiger partial charge on any atom is -0.356 e. The van der Waals surface area contributed by atoms with E-state index < -0.39 is 0 Å². The molecule has 2 saturated heterocycles. The summed E-state index contributed by atoms with van der Waals surface area (Å²) in [5.41, 5.74) is 1.02. The van der Waals surface area contributed by atoms with Gasteiger partial charge in [-0.3, -0.25) is 14.7 Å². The second kappa shape index (κ2) is 12.3. The molecule has 1 aromatic rings. The first-order valence-electron chi connectivity index (χ1n) is 10.4. The van der Waals surface area contributed by atoms with Gasteiger partial charge in [-0.25, -0.2) is 4.39 Å². The average Bonchev–Trinajstić information content (AvgIpc) is 3.24. The van der Waals surface area contributed by atoms with Crippen molar-refractivity contribution in [3.8, 4) is 0 Å². The molecule has 29 heavy (non-hydrogen) atoms. The number of nitrogens with zero attached hydrogens (tertiary/aromatic N) is 4. The third kappa shape index (κ3) is 7.40. The number of aryl methyl sites for hydroxylation is 1. The number of carbonyl (C=O) groups is 1. The number of likely N-dealkylation sites (tertiary alicyclic amines) is 1. The Kier molecular flexibility index (Phi) is 10.1. The maximum Gasteiger partial charge on any atom is 0.236 e. The van der Waals surface area contributed by atoms with Crippen molar-refractivity contribution in [3.05, 3.63) is 35.6 Å². The monoisotopic (exact) mass is 517 g/mol. The zero-order valence-electron chi connectivity index (χ0n) is 17.3. The Labute approximate surface area is 190 Å². The van der Waals surface area contributed by atoms with E-state index in [4.69, 9.17) is 0 Å². The minimum atomic E-state index is -0.178. The molecule has 8 heteroatoms. The van der Waals surface area contributed by atoms with Crippen LogP contribution in [0.3, 0.4) is 0 Å². The van der Waals surface area contributed by atoms with Gasteiger partial charge in [-0.2, -0.15) is 0 Å². The summed E-state index contributed by atoms with van der Waals surface area (Å²) in [6.07, 6.45) is 4.04. The third-order valence-electron chi connectivity index (χ3n) is 5.52. The summed E-state index contributed by atoms with van der Waals surface area (Å²) in [7, 11) is 1.80. The van der Waals surface area contributed by atoms with Gasteiger partial charge in [-0.15, -0.1) is 24.0 Å². The van der Waals surface area contributed by atoms with Crippen LogP contribution in [0.15, 0.2) is 29.3 Å². The SMILES string of the molecule is CN=C(NCCCc1cccc(F)c1)N1CCN(CC(=O)N2CCCC2)CC1.I. The molecule has 1 aromatic carbocycles. The quantitative estimate of drug-likeness (QED) is 0.272. The lowest BCUT2D eigenvalue weighted by molar-refractivity contribution is -0.131. The van der Waals surface area contributed by atoms with Gasteiger partial charge in [0.05, 0.1) is 6.54 Å². The van der Waals surface area contributed by atoms with E-state index in [0.717, 1.165) is 83.0 Å². The van der Waals surface area contributed by atoms with Crippen LogP contribution in [-0.4, -0.2) is 86.0 Å². The lowest BCUT2D eigenvalue weighted by Crippen LogP contribution is -2.54. The second-order valence-corrected chi connectivity index (χ2v) is 7.56.